The van der Waals surface area contributed by atoms with Crippen molar-refractivity contribution in [1.82, 2.24) is 0 Å². The highest BCUT2D eigenvalue weighted by molar-refractivity contribution is 5.86. The van der Waals surface area contributed by atoms with Gasteiger partial charge in [-0.05, 0) is 41.8 Å². The fraction of sp³-hybridized carbons (Fsp3) is 0.333. The average Bonchev–Trinajstić information content (AvgIpc) is 2.36. The molecule has 4 heteroatoms. The Morgan fingerprint density at radius 1 is 1.00 bits per heavy atom. The SMILES string of the molecule is COc1cc2ccc(CC(C)N)cc2cc1OC.Cl. The molecule has 3 nitrogen and oxygen atoms in total. The van der Waals surface area contributed by atoms with Crippen LogP contribution in [0.4, 0.5) is 0 Å². The van der Waals surface area contributed by atoms with Crippen LogP contribution < -0.4 is 15.2 Å². The largest absolute Gasteiger partial charge is 0.493 e. The minimum absolute atomic E-state index is 0. The molecule has 0 spiro atoms. The van der Waals surface area contributed by atoms with Gasteiger partial charge in [-0.1, -0.05) is 18.2 Å². The number of hydrogen-bond acceptors (Lipinski definition) is 3. The molecular formula is C15H20ClNO2. The zero-order valence-electron chi connectivity index (χ0n) is 11.5. The number of halogens is 1. The summed E-state index contributed by atoms with van der Waals surface area (Å²) in [6.07, 6.45) is 0.879. The highest BCUT2D eigenvalue weighted by Crippen LogP contribution is 2.32. The summed E-state index contributed by atoms with van der Waals surface area (Å²) in [6.45, 7) is 2.01. The molecule has 1 atom stereocenters. The van der Waals surface area contributed by atoms with Crippen molar-refractivity contribution in [1.29, 1.82) is 0 Å². The van der Waals surface area contributed by atoms with Crippen LogP contribution in [-0.4, -0.2) is 20.3 Å². The van der Waals surface area contributed by atoms with Crippen LogP contribution in [-0.2, 0) is 6.42 Å². The molecule has 2 aromatic carbocycles. The molecule has 19 heavy (non-hydrogen) atoms. The van der Waals surface area contributed by atoms with Crippen molar-refractivity contribution in [2.75, 3.05) is 14.2 Å². The molecule has 2 aromatic rings. The smallest absolute Gasteiger partial charge is 0.161 e. The van der Waals surface area contributed by atoms with Gasteiger partial charge in [0.2, 0.25) is 0 Å². The lowest BCUT2D eigenvalue weighted by Crippen LogP contribution is -2.17. The molecule has 0 heterocycles. The van der Waals surface area contributed by atoms with Crippen molar-refractivity contribution in [3.63, 3.8) is 0 Å². The summed E-state index contributed by atoms with van der Waals surface area (Å²) in [6, 6.07) is 10.5. The zero-order valence-corrected chi connectivity index (χ0v) is 12.3. The van der Waals surface area contributed by atoms with Crippen molar-refractivity contribution in [3.8, 4) is 11.5 Å². The van der Waals surface area contributed by atoms with E-state index in [0.717, 1.165) is 28.7 Å². The van der Waals surface area contributed by atoms with Crippen LogP contribution in [0, 0.1) is 0 Å². The summed E-state index contributed by atoms with van der Waals surface area (Å²) in [4.78, 5) is 0. The van der Waals surface area contributed by atoms with Crippen molar-refractivity contribution in [3.05, 3.63) is 35.9 Å². The van der Waals surface area contributed by atoms with Crippen LogP contribution in [0.15, 0.2) is 30.3 Å². The van der Waals surface area contributed by atoms with E-state index in [2.05, 4.69) is 18.2 Å². The van der Waals surface area contributed by atoms with Crippen molar-refractivity contribution < 1.29 is 9.47 Å². The number of rotatable bonds is 4. The maximum absolute atomic E-state index is 5.83. The van der Waals surface area contributed by atoms with Crippen LogP contribution in [0.1, 0.15) is 12.5 Å². The van der Waals surface area contributed by atoms with E-state index in [1.807, 2.05) is 19.1 Å². The second-order valence-corrected chi connectivity index (χ2v) is 4.57. The first-order chi connectivity index (χ1) is 8.63. The number of benzene rings is 2. The first-order valence-corrected chi connectivity index (χ1v) is 6.04. The minimum atomic E-state index is 0. The standard InChI is InChI=1S/C15H19NO2.ClH/c1-10(16)6-11-4-5-12-8-14(17-2)15(18-3)9-13(12)7-11;/h4-5,7-10H,6,16H2,1-3H3;1H. The monoisotopic (exact) mass is 281 g/mol. The number of ether oxygens (including phenoxy) is 2. The molecule has 0 fully saturated rings. The maximum Gasteiger partial charge on any atom is 0.161 e. The lowest BCUT2D eigenvalue weighted by atomic mass is 10.0. The van der Waals surface area contributed by atoms with Crippen molar-refractivity contribution in [2.45, 2.75) is 19.4 Å². The molecule has 0 bridgehead atoms. The van der Waals surface area contributed by atoms with Crippen molar-refractivity contribution >= 4 is 23.2 Å². The summed E-state index contributed by atoms with van der Waals surface area (Å²) in [5.74, 6) is 1.51. The summed E-state index contributed by atoms with van der Waals surface area (Å²) in [7, 11) is 3.30. The first kappa shape index (κ1) is 15.6. The average molecular weight is 282 g/mol. The van der Waals surface area contributed by atoms with Crippen LogP contribution in [0.25, 0.3) is 10.8 Å². The van der Waals surface area contributed by atoms with E-state index in [1.165, 1.54) is 5.56 Å². The molecule has 0 amide bonds. The molecule has 1 unspecified atom stereocenters. The second-order valence-electron chi connectivity index (χ2n) is 4.57. The number of fused-ring (bicyclic) bond motifs is 1. The fourth-order valence-electron chi connectivity index (χ4n) is 2.12. The van der Waals surface area contributed by atoms with Crippen molar-refractivity contribution in [2.24, 2.45) is 5.73 Å². The first-order valence-electron chi connectivity index (χ1n) is 6.04. The molecule has 0 aliphatic carbocycles. The molecule has 0 saturated heterocycles. The Morgan fingerprint density at radius 3 is 2.11 bits per heavy atom. The molecule has 0 aromatic heterocycles. The van der Waals surface area contributed by atoms with Gasteiger partial charge < -0.3 is 15.2 Å². The Morgan fingerprint density at radius 2 is 1.58 bits per heavy atom. The minimum Gasteiger partial charge on any atom is -0.493 e. The number of methoxy groups -OCH3 is 2. The molecule has 2 rings (SSSR count). The lowest BCUT2D eigenvalue weighted by molar-refractivity contribution is 0.356. The molecule has 2 N–H and O–H groups in total. The number of nitrogens with two attached hydrogens (primary N) is 1. The summed E-state index contributed by atoms with van der Waals surface area (Å²) in [5.41, 5.74) is 7.07. The Hall–Kier alpha value is -1.45. The Balaban J connectivity index is 0.00000180. The fourth-order valence-corrected chi connectivity index (χ4v) is 2.12. The van der Waals surface area contributed by atoms with E-state index in [0.29, 0.717) is 0 Å². The van der Waals surface area contributed by atoms with Gasteiger partial charge in [-0.2, -0.15) is 0 Å². The van der Waals surface area contributed by atoms with Gasteiger partial charge in [-0.3, -0.25) is 0 Å². The van der Waals surface area contributed by atoms with E-state index in [4.69, 9.17) is 15.2 Å². The predicted octanol–water partition coefficient (Wildman–Crippen LogP) is 3.17. The molecule has 104 valence electrons. The van der Waals surface area contributed by atoms with Gasteiger partial charge in [0.05, 0.1) is 14.2 Å². The highest BCUT2D eigenvalue weighted by atomic mass is 35.5. The van der Waals surface area contributed by atoms with E-state index < -0.39 is 0 Å². The van der Waals surface area contributed by atoms with Gasteiger partial charge >= 0.3 is 0 Å². The van der Waals surface area contributed by atoms with Gasteiger partial charge in [-0.15, -0.1) is 12.4 Å². The molecule has 0 aliphatic rings. The third-order valence-corrected chi connectivity index (χ3v) is 2.96. The van der Waals surface area contributed by atoms with Gasteiger partial charge in [-0.25, -0.2) is 0 Å². The molecular weight excluding hydrogens is 262 g/mol. The number of hydrogen-bond donors (Lipinski definition) is 1. The normalized spacial score (nSPS) is 11.8. The van der Waals surface area contributed by atoms with Crippen LogP contribution in [0.3, 0.4) is 0 Å². The van der Waals surface area contributed by atoms with Crippen LogP contribution >= 0.6 is 12.4 Å². The van der Waals surface area contributed by atoms with Gasteiger partial charge in [0.25, 0.3) is 0 Å². The molecule has 0 aliphatic heterocycles. The second kappa shape index (κ2) is 6.64. The predicted molar refractivity (Wildman–Crippen MR) is 81.7 cm³/mol. The summed E-state index contributed by atoms with van der Waals surface area (Å²) in [5, 5.41) is 2.28. The topological polar surface area (TPSA) is 44.5 Å². The van der Waals surface area contributed by atoms with E-state index >= 15 is 0 Å². The summed E-state index contributed by atoms with van der Waals surface area (Å²) >= 11 is 0. The van der Waals surface area contributed by atoms with Gasteiger partial charge in [0, 0.05) is 6.04 Å². The van der Waals surface area contributed by atoms with E-state index in [-0.39, 0.29) is 18.4 Å². The third kappa shape index (κ3) is 3.52. The van der Waals surface area contributed by atoms with Crippen LogP contribution in [0.5, 0.6) is 11.5 Å². The Bertz CT molecular complexity index is 555. The van der Waals surface area contributed by atoms with E-state index in [1.54, 1.807) is 14.2 Å². The quantitative estimate of drug-likeness (QED) is 0.936. The van der Waals surface area contributed by atoms with Gasteiger partial charge in [0.15, 0.2) is 11.5 Å². The zero-order chi connectivity index (χ0) is 13.1. The summed E-state index contributed by atoms with van der Waals surface area (Å²) < 4.78 is 10.6. The Labute approximate surface area is 120 Å². The third-order valence-electron chi connectivity index (χ3n) is 2.96. The highest BCUT2D eigenvalue weighted by Gasteiger charge is 2.07. The molecule has 0 saturated carbocycles. The lowest BCUT2D eigenvalue weighted by Gasteiger charge is -2.11. The molecule has 0 radical (unpaired) electrons. The van der Waals surface area contributed by atoms with Crippen LogP contribution in [0.2, 0.25) is 0 Å². The van der Waals surface area contributed by atoms with Gasteiger partial charge in [0.1, 0.15) is 0 Å². The van der Waals surface area contributed by atoms with E-state index in [9.17, 15) is 0 Å². The Kier molecular flexibility index (Phi) is 5.45. The maximum atomic E-state index is 5.83.